The zero-order valence-corrected chi connectivity index (χ0v) is 9.48. The summed E-state index contributed by atoms with van der Waals surface area (Å²) >= 11 is 0. The Morgan fingerprint density at radius 3 is 2.59 bits per heavy atom. The van der Waals surface area contributed by atoms with Crippen molar-refractivity contribution in [2.75, 3.05) is 24.6 Å². The Morgan fingerprint density at radius 2 is 2.12 bits per heavy atom. The molecule has 2 N–H and O–H groups in total. The number of nitrogens with zero attached hydrogens (tertiary/aromatic N) is 3. The van der Waals surface area contributed by atoms with Gasteiger partial charge in [-0.15, -0.1) is 0 Å². The lowest BCUT2D eigenvalue weighted by atomic mass is 10.2. The molecule has 0 spiro atoms. The molecule has 0 radical (unpaired) electrons. The van der Waals surface area contributed by atoms with Crippen LogP contribution in [0, 0.1) is 6.92 Å². The summed E-state index contributed by atoms with van der Waals surface area (Å²) in [4.78, 5) is 9.13. The fourth-order valence-corrected chi connectivity index (χ4v) is 1.35. The summed E-state index contributed by atoms with van der Waals surface area (Å²) < 4.78 is 24.6. The summed E-state index contributed by atoms with van der Waals surface area (Å²) in [5.74, 6) is 0.133. The van der Waals surface area contributed by atoms with Gasteiger partial charge in [-0.25, -0.2) is 18.7 Å². The first kappa shape index (κ1) is 13.7. The van der Waals surface area contributed by atoms with E-state index in [9.17, 15) is 8.78 Å². The van der Waals surface area contributed by atoms with Gasteiger partial charge in [-0.3, -0.25) is 0 Å². The molecule has 5 nitrogen and oxygen atoms in total. The average Bonchev–Trinajstić information content (AvgIpc) is 2.28. The Bertz CT molecular complexity index is 363. The van der Waals surface area contributed by atoms with E-state index in [1.54, 1.807) is 6.92 Å². The van der Waals surface area contributed by atoms with Gasteiger partial charge >= 0.3 is 0 Å². The summed E-state index contributed by atoms with van der Waals surface area (Å²) in [5.41, 5.74) is 1.09. The second-order valence-electron chi connectivity index (χ2n) is 3.50. The van der Waals surface area contributed by atoms with Gasteiger partial charge in [0.05, 0.1) is 19.8 Å². The van der Waals surface area contributed by atoms with Gasteiger partial charge in [0.25, 0.3) is 6.43 Å². The molecule has 0 saturated heterocycles. The van der Waals surface area contributed by atoms with E-state index in [0.29, 0.717) is 11.3 Å². The van der Waals surface area contributed by atoms with Crippen LogP contribution in [-0.2, 0) is 6.61 Å². The van der Waals surface area contributed by atoms with Gasteiger partial charge in [-0.2, -0.15) is 0 Å². The maximum atomic E-state index is 12.3. The number of aliphatic hydroxyl groups excluding tert-OH is 2. The molecule has 0 aromatic carbocycles. The third-order valence-corrected chi connectivity index (χ3v) is 2.25. The minimum absolute atomic E-state index is 0.0439. The summed E-state index contributed by atoms with van der Waals surface area (Å²) in [7, 11) is 0. The number of rotatable bonds is 6. The van der Waals surface area contributed by atoms with E-state index in [1.807, 2.05) is 0 Å². The normalized spacial score (nSPS) is 10.9. The summed E-state index contributed by atoms with van der Waals surface area (Å²) in [6, 6.07) is 0. The number of aromatic nitrogens is 2. The lowest BCUT2D eigenvalue weighted by Crippen LogP contribution is -2.33. The number of halogens is 2. The molecule has 0 unspecified atom stereocenters. The van der Waals surface area contributed by atoms with Crippen LogP contribution in [0.3, 0.4) is 0 Å². The molecule has 0 atom stereocenters. The predicted octanol–water partition coefficient (Wildman–Crippen LogP) is 0.341. The first-order chi connectivity index (χ1) is 8.08. The SMILES string of the molecule is Cc1nc(N(CCO)CC(F)F)ncc1CO. The minimum atomic E-state index is -2.53. The molecule has 0 aliphatic rings. The van der Waals surface area contributed by atoms with Gasteiger partial charge < -0.3 is 15.1 Å². The third kappa shape index (κ3) is 3.86. The van der Waals surface area contributed by atoms with Crippen LogP contribution in [-0.4, -0.2) is 46.3 Å². The molecule has 7 heteroatoms. The van der Waals surface area contributed by atoms with Crippen molar-refractivity contribution >= 4 is 5.95 Å². The zero-order valence-electron chi connectivity index (χ0n) is 9.48. The van der Waals surface area contributed by atoms with Crippen LogP contribution in [0.5, 0.6) is 0 Å². The molecular formula is C10H15F2N3O2. The van der Waals surface area contributed by atoms with E-state index >= 15 is 0 Å². The molecule has 0 amide bonds. The third-order valence-electron chi connectivity index (χ3n) is 2.25. The molecule has 96 valence electrons. The van der Waals surface area contributed by atoms with E-state index < -0.39 is 13.0 Å². The topological polar surface area (TPSA) is 69.5 Å². The van der Waals surface area contributed by atoms with E-state index in [0.717, 1.165) is 0 Å². The van der Waals surface area contributed by atoms with Crippen LogP contribution in [0.4, 0.5) is 14.7 Å². The highest BCUT2D eigenvalue weighted by molar-refractivity contribution is 5.32. The van der Waals surface area contributed by atoms with Gasteiger partial charge in [-0.05, 0) is 6.92 Å². The number of alkyl halides is 2. The molecule has 1 heterocycles. The van der Waals surface area contributed by atoms with Gasteiger partial charge in [0.15, 0.2) is 0 Å². The van der Waals surface area contributed by atoms with Crippen LogP contribution < -0.4 is 4.90 Å². The standard InChI is InChI=1S/C10H15F2N3O2/c1-7-8(6-17)4-13-10(14-7)15(2-3-16)5-9(11)12/h4,9,16-17H,2-3,5-6H2,1H3. The molecule has 0 fully saturated rings. The Hall–Kier alpha value is -1.34. The lowest BCUT2D eigenvalue weighted by Gasteiger charge is -2.21. The first-order valence-electron chi connectivity index (χ1n) is 5.15. The molecule has 0 aliphatic heterocycles. The van der Waals surface area contributed by atoms with Gasteiger partial charge in [0.1, 0.15) is 0 Å². The van der Waals surface area contributed by atoms with E-state index in [2.05, 4.69) is 9.97 Å². The van der Waals surface area contributed by atoms with Crippen LogP contribution in [0.1, 0.15) is 11.3 Å². The highest BCUT2D eigenvalue weighted by atomic mass is 19.3. The van der Waals surface area contributed by atoms with Gasteiger partial charge in [0.2, 0.25) is 5.95 Å². The first-order valence-corrected chi connectivity index (χ1v) is 5.15. The molecule has 0 saturated carbocycles. The second-order valence-corrected chi connectivity index (χ2v) is 3.50. The van der Waals surface area contributed by atoms with Crippen molar-refractivity contribution in [3.8, 4) is 0 Å². The van der Waals surface area contributed by atoms with Crippen LogP contribution >= 0.6 is 0 Å². The lowest BCUT2D eigenvalue weighted by molar-refractivity contribution is 0.152. The Balaban J connectivity index is 2.89. The van der Waals surface area contributed by atoms with Crippen molar-refractivity contribution in [3.63, 3.8) is 0 Å². The van der Waals surface area contributed by atoms with Crippen molar-refractivity contribution < 1.29 is 19.0 Å². The maximum Gasteiger partial charge on any atom is 0.255 e. The molecule has 0 bridgehead atoms. The number of aryl methyl sites for hydroxylation is 1. The quantitative estimate of drug-likeness (QED) is 0.758. The van der Waals surface area contributed by atoms with Crippen LogP contribution in [0.25, 0.3) is 0 Å². The molecule has 1 rings (SSSR count). The molecule has 1 aromatic heterocycles. The average molecular weight is 247 g/mol. The van der Waals surface area contributed by atoms with Crippen molar-refractivity contribution in [2.45, 2.75) is 20.0 Å². The molecule has 1 aromatic rings. The predicted molar refractivity (Wildman–Crippen MR) is 58.0 cm³/mol. The van der Waals surface area contributed by atoms with Crippen molar-refractivity contribution in [2.24, 2.45) is 0 Å². The highest BCUT2D eigenvalue weighted by Gasteiger charge is 2.15. The zero-order chi connectivity index (χ0) is 12.8. The summed E-state index contributed by atoms with van der Waals surface area (Å²) in [5, 5.41) is 17.7. The number of anilines is 1. The van der Waals surface area contributed by atoms with E-state index in [4.69, 9.17) is 10.2 Å². The number of aliphatic hydroxyl groups is 2. The monoisotopic (exact) mass is 247 g/mol. The fourth-order valence-electron chi connectivity index (χ4n) is 1.35. The Morgan fingerprint density at radius 1 is 1.41 bits per heavy atom. The number of hydrogen-bond acceptors (Lipinski definition) is 5. The van der Waals surface area contributed by atoms with E-state index in [1.165, 1.54) is 11.1 Å². The van der Waals surface area contributed by atoms with Crippen molar-refractivity contribution in [3.05, 3.63) is 17.5 Å². The number of hydrogen-bond donors (Lipinski definition) is 2. The van der Waals surface area contributed by atoms with Gasteiger partial charge in [-0.1, -0.05) is 0 Å². The van der Waals surface area contributed by atoms with Gasteiger partial charge in [0, 0.05) is 24.0 Å². The highest BCUT2D eigenvalue weighted by Crippen LogP contribution is 2.12. The minimum Gasteiger partial charge on any atom is -0.395 e. The van der Waals surface area contributed by atoms with Crippen molar-refractivity contribution in [1.29, 1.82) is 0 Å². The summed E-state index contributed by atoms with van der Waals surface area (Å²) in [6.45, 7) is 0.731. The van der Waals surface area contributed by atoms with Crippen molar-refractivity contribution in [1.82, 2.24) is 9.97 Å². The Labute approximate surface area is 97.7 Å². The van der Waals surface area contributed by atoms with Crippen LogP contribution in [0.15, 0.2) is 6.20 Å². The second kappa shape index (κ2) is 6.41. The fraction of sp³-hybridized carbons (Fsp3) is 0.600. The van der Waals surface area contributed by atoms with Crippen LogP contribution in [0.2, 0.25) is 0 Å². The maximum absolute atomic E-state index is 12.3. The largest absolute Gasteiger partial charge is 0.395 e. The summed E-state index contributed by atoms with van der Waals surface area (Å²) in [6.07, 6.45) is -1.13. The molecular weight excluding hydrogens is 232 g/mol. The molecule has 17 heavy (non-hydrogen) atoms. The van der Waals surface area contributed by atoms with E-state index in [-0.39, 0.29) is 25.7 Å². The molecule has 0 aliphatic carbocycles. The Kier molecular flexibility index (Phi) is 5.17. The smallest absolute Gasteiger partial charge is 0.255 e.